The Morgan fingerprint density at radius 2 is 2.00 bits per heavy atom. The summed E-state index contributed by atoms with van der Waals surface area (Å²) >= 11 is 2.08. The lowest BCUT2D eigenvalue weighted by Crippen LogP contribution is -2.13. The van der Waals surface area contributed by atoms with Crippen molar-refractivity contribution in [2.45, 2.75) is 6.92 Å². The zero-order valence-corrected chi connectivity index (χ0v) is 12.4. The Bertz CT molecular complexity index is 641. The number of phenolic OH excluding ortho intramolecular Hbond substituents is 1. The smallest absolute Gasteiger partial charge is 0.259 e. The van der Waals surface area contributed by atoms with Crippen molar-refractivity contribution in [3.05, 3.63) is 51.1 Å². The topological polar surface area (TPSA) is 75.3 Å². The van der Waals surface area contributed by atoms with Gasteiger partial charge < -0.3 is 16.2 Å². The Labute approximate surface area is 124 Å². The molecule has 4 nitrogen and oxygen atoms in total. The maximum absolute atomic E-state index is 12.1. The predicted octanol–water partition coefficient (Wildman–Crippen LogP) is 3.14. The molecule has 0 aliphatic heterocycles. The van der Waals surface area contributed by atoms with E-state index >= 15 is 0 Å². The molecule has 0 fully saturated rings. The Balaban J connectivity index is 2.30. The van der Waals surface area contributed by atoms with Crippen molar-refractivity contribution in [2.75, 3.05) is 11.1 Å². The van der Waals surface area contributed by atoms with Crippen LogP contribution in [-0.2, 0) is 0 Å². The van der Waals surface area contributed by atoms with Gasteiger partial charge in [-0.05, 0) is 65.4 Å². The third-order valence-electron chi connectivity index (χ3n) is 2.66. The van der Waals surface area contributed by atoms with Crippen LogP contribution in [0.2, 0.25) is 0 Å². The molecule has 0 bridgehead atoms. The Morgan fingerprint density at radius 3 is 2.74 bits per heavy atom. The lowest BCUT2D eigenvalue weighted by molar-refractivity contribution is 0.102. The quantitative estimate of drug-likeness (QED) is 0.563. The summed E-state index contributed by atoms with van der Waals surface area (Å²) in [4.78, 5) is 12.1. The summed E-state index contributed by atoms with van der Waals surface area (Å²) in [6.07, 6.45) is 0. The van der Waals surface area contributed by atoms with E-state index in [0.29, 0.717) is 11.4 Å². The fraction of sp³-hybridized carbons (Fsp3) is 0.0714. The van der Waals surface area contributed by atoms with Gasteiger partial charge in [0.05, 0.1) is 16.9 Å². The number of rotatable bonds is 2. The minimum atomic E-state index is -0.381. The number of phenols is 1. The number of aromatic hydroxyl groups is 1. The van der Waals surface area contributed by atoms with Gasteiger partial charge in [0.2, 0.25) is 0 Å². The molecular weight excluding hydrogens is 355 g/mol. The number of carbonyl (C=O) groups excluding carboxylic acids is 1. The van der Waals surface area contributed by atoms with Crippen molar-refractivity contribution in [3.8, 4) is 5.75 Å². The predicted molar refractivity (Wildman–Crippen MR) is 84.4 cm³/mol. The van der Waals surface area contributed by atoms with Crippen LogP contribution in [0.4, 0.5) is 11.4 Å². The maximum Gasteiger partial charge on any atom is 0.259 e. The number of nitrogens with two attached hydrogens (primary N) is 1. The molecule has 0 saturated heterocycles. The van der Waals surface area contributed by atoms with Gasteiger partial charge >= 0.3 is 0 Å². The van der Waals surface area contributed by atoms with Gasteiger partial charge in [-0.25, -0.2) is 0 Å². The molecule has 0 radical (unpaired) electrons. The first-order valence-electron chi connectivity index (χ1n) is 5.63. The number of benzene rings is 2. The molecule has 19 heavy (non-hydrogen) atoms. The molecule has 0 saturated carbocycles. The third-order valence-corrected chi connectivity index (χ3v) is 3.33. The van der Waals surface area contributed by atoms with Gasteiger partial charge in [0.1, 0.15) is 5.75 Å². The van der Waals surface area contributed by atoms with Crippen LogP contribution in [0.15, 0.2) is 36.4 Å². The highest BCUT2D eigenvalue weighted by Gasteiger charge is 2.13. The van der Waals surface area contributed by atoms with E-state index in [2.05, 4.69) is 27.9 Å². The summed E-state index contributed by atoms with van der Waals surface area (Å²) in [5.41, 5.74) is 8.07. The van der Waals surface area contributed by atoms with Crippen molar-refractivity contribution in [1.29, 1.82) is 0 Å². The van der Waals surface area contributed by atoms with Crippen molar-refractivity contribution in [1.82, 2.24) is 0 Å². The van der Waals surface area contributed by atoms with Gasteiger partial charge in [-0.3, -0.25) is 4.79 Å². The number of anilines is 2. The van der Waals surface area contributed by atoms with Crippen LogP contribution in [0.5, 0.6) is 5.75 Å². The molecule has 0 unspecified atom stereocenters. The summed E-state index contributed by atoms with van der Waals surface area (Å²) in [7, 11) is 0. The molecule has 0 aliphatic carbocycles. The van der Waals surface area contributed by atoms with Crippen LogP contribution < -0.4 is 11.1 Å². The number of nitrogens with one attached hydrogen (secondary N) is 1. The molecule has 98 valence electrons. The average molecular weight is 368 g/mol. The van der Waals surface area contributed by atoms with Crippen LogP contribution >= 0.6 is 22.6 Å². The first-order valence-corrected chi connectivity index (χ1v) is 6.71. The van der Waals surface area contributed by atoms with E-state index in [1.165, 1.54) is 6.07 Å². The van der Waals surface area contributed by atoms with Crippen LogP contribution in [0, 0.1) is 10.5 Å². The van der Waals surface area contributed by atoms with Gasteiger partial charge in [0, 0.05) is 3.57 Å². The van der Waals surface area contributed by atoms with Crippen molar-refractivity contribution >= 4 is 39.9 Å². The van der Waals surface area contributed by atoms with E-state index in [-0.39, 0.29) is 17.2 Å². The second-order valence-electron chi connectivity index (χ2n) is 4.21. The number of halogens is 1. The summed E-state index contributed by atoms with van der Waals surface area (Å²) < 4.78 is 0.873. The number of hydrogen-bond donors (Lipinski definition) is 3. The monoisotopic (exact) mass is 368 g/mol. The number of nitrogen functional groups attached to an aromatic ring is 1. The molecule has 0 aliphatic rings. The summed E-state index contributed by atoms with van der Waals surface area (Å²) in [6.45, 7) is 1.91. The molecule has 2 aromatic carbocycles. The Kier molecular flexibility index (Phi) is 3.94. The fourth-order valence-corrected chi connectivity index (χ4v) is 2.15. The summed E-state index contributed by atoms with van der Waals surface area (Å²) in [5.74, 6) is -0.433. The molecule has 4 N–H and O–H groups in total. The highest BCUT2D eigenvalue weighted by Crippen LogP contribution is 2.24. The molecular formula is C14H13IN2O2. The molecule has 0 spiro atoms. The van der Waals surface area contributed by atoms with Crippen LogP contribution in [-0.4, -0.2) is 11.0 Å². The van der Waals surface area contributed by atoms with Gasteiger partial charge in [0.25, 0.3) is 5.91 Å². The number of amides is 1. The highest BCUT2D eigenvalue weighted by molar-refractivity contribution is 14.1. The van der Waals surface area contributed by atoms with Gasteiger partial charge in [0.15, 0.2) is 0 Å². The maximum atomic E-state index is 12.1. The lowest BCUT2D eigenvalue weighted by atomic mass is 10.1. The van der Waals surface area contributed by atoms with Crippen LogP contribution in [0.3, 0.4) is 0 Å². The van der Waals surface area contributed by atoms with Crippen molar-refractivity contribution in [3.63, 3.8) is 0 Å². The first-order chi connectivity index (χ1) is 8.97. The lowest BCUT2D eigenvalue weighted by Gasteiger charge is -2.10. The molecule has 1 amide bonds. The molecule has 0 heterocycles. The van der Waals surface area contributed by atoms with E-state index < -0.39 is 0 Å². The van der Waals surface area contributed by atoms with E-state index in [9.17, 15) is 9.90 Å². The first kappa shape index (κ1) is 13.7. The van der Waals surface area contributed by atoms with Crippen molar-refractivity contribution in [2.24, 2.45) is 0 Å². The second-order valence-corrected chi connectivity index (χ2v) is 5.45. The Morgan fingerprint density at radius 1 is 1.26 bits per heavy atom. The normalized spacial score (nSPS) is 10.2. The Hall–Kier alpha value is -1.76. The molecule has 5 heteroatoms. The SMILES string of the molecule is Cc1ccc(N)c(NC(=O)c2cc(I)ccc2O)c1. The standard InChI is InChI=1S/C14H13IN2O2/c1-8-2-4-11(16)12(6-8)17-14(19)10-7-9(15)3-5-13(10)18/h2-7,18H,16H2,1H3,(H,17,19). The minimum absolute atomic E-state index is 0.0517. The highest BCUT2D eigenvalue weighted by atomic mass is 127. The number of hydrogen-bond acceptors (Lipinski definition) is 3. The minimum Gasteiger partial charge on any atom is -0.507 e. The van der Waals surface area contributed by atoms with E-state index in [1.807, 2.05) is 13.0 Å². The van der Waals surface area contributed by atoms with Gasteiger partial charge in [-0.15, -0.1) is 0 Å². The van der Waals surface area contributed by atoms with Crippen molar-refractivity contribution < 1.29 is 9.90 Å². The van der Waals surface area contributed by atoms with E-state index in [4.69, 9.17) is 5.73 Å². The second kappa shape index (κ2) is 5.48. The number of carbonyl (C=O) groups is 1. The van der Waals surface area contributed by atoms with Gasteiger partial charge in [-0.2, -0.15) is 0 Å². The number of aryl methyl sites for hydroxylation is 1. The molecule has 0 atom stereocenters. The molecule has 2 aromatic rings. The van der Waals surface area contributed by atoms with E-state index in [1.54, 1.807) is 24.3 Å². The zero-order chi connectivity index (χ0) is 14.0. The van der Waals surface area contributed by atoms with Gasteiger partial charge in [-0.1, -0.05) is 6.07 Å². The summed E-state index contributed by atoms with van der Waals surface area (Å²) in [6, 6.07) is 10.2. The van der Waals surface area contributed by atoms with Crippen LogP contribution in [0.25, 0.3) is 0 Å². The summed E-state index contributed by atoms with van der Waals surface area (Å²) in [5, 5.41) is 12.4. The average Bonchev–Trinajstić information content (AvgIpc) is 2.36. The third kappa shape index (κ3) is 3.17. The van der Waals surface area contributed by atoms with Crippen LogP contribution in [0.1, 0.15) is 15.9 Å². The largest absolute Gasteiger partial charge is 0.507 e. The zero-order valence-electron chi connectivity index (χ0n) is 10.3. The molecule has 0 aromatic heterocycles. The van der Waals surface area contributed by atoms with E-state index in [0.717, 1.165) is 9.13 Å². The fourth-order valence-electron chi connectivity index (χ4n) is 1.66. The molecule has 2 rings (SSSR count).